The highest BCUT2D eigenvalue weighted by Gasteiger charge is 2.37. The average Bonchev–Trinajstić information content (AvgIpc) is 3.53. The van der Waals surface area contributed by atoms with Gasteiger partial charge in [-0.15, -0.1) is 16.4 Å². The van der Waals surface area contributed by atoms with Gasteiger partial charge in [0.1, 0.15) is 0 Å². The second-order valence-corrected chi connectivity index (χ2v) is 9.48. The van der Waals surface area contributed by atoms with E-state index in [4.69, 9.17) is 0 Å². The first-order chi connectivity index (χ1) is 16.5. The van der Waals surface area contributed by atoms with Gasteiger partial charge in [0.05, 0.1) is 11.6 Å². The number of nitrogens with zero attached hydrogens (tertiary/aromatic N) is 4. The summed E-state index contributed by atoms with van der Waals surface area (Å²) in [7, 11) is 0. The highest BCUT2D eigenvalue weighted by Crippen LogP contribution is 2.33. The van der Waals surface area contributed by atoms with Crippen LogP contribution in [-0.2, 0) is 22.4 Å². The third-order valence-corrected chi connectivity index (χ3v) is 7.21. The Kier molecular flexibility index (Phi) is 5.91. The number of benzene rings is 2. The predicted molar refractivity (Wildman–Crippen MR) is 135 cm³/mol. The normalized spacial score (nSPS) is 15.9. The Morgan fingerprint density at radius 3 is 2.50 bits per heavy atom. The Balaban J connectivity index is 1.35. The van der Waals surface area contributed by atoms with Crippen LogP contribution in [0.2, 0.25) is 0 Å². The van der Waals surface area contributed by atoms with Gasteiger partial charge in [-0.25, -0.2) is 4.52 Å². The van der Waals surface area contributed by atoms with Crippen molar-refractivity contribution >= 4 is 39.7 Å². The smallest absolute Gasteiger partial charge is 0.250 e. The van der Waals surface area contributed by atoms with Gasteiger partial charge in [-0.2, -0.15) is 4.98 Å². The maximum absolute atomic E-state index is 13.1. The van der Waals surface area contributed by atoms with Crippen molar-refractivity contribution < 1.29 is 9.59 Å². The summed E-state index contributed by atoms with van der Waals surface area (Å²) in [6.45, 7) is 6.59. The number of hydrogen-bond acceptors (Lipinski definition) is 5. The molecular weight excluding hydrogens is 446 g/mol. The third-order valence-electron chi connectivity index (χ3n) is 6.39. The molecule has 5 rings (SSSR count). The van der Waals surface area contributed by atoms with Crippen LogP contribution in [0.4, 0.5) is 11.6 Å². The van der Waals surface area contributed by atoms with Crippen LogP contribution in [0.5, 0.6) is 0 Å². The molecule has 4 aromatic rings. The van der Waals surface area contributed by atoms with Crippen molar-refractivity contribution in [2.75, 3.05) is 16.8 Å². The number of anilines is 2. The van der Waals surface area contributed by atoms with E-state index in [9.17, 15) is 9.59 Å². The Hall–Kier alpha value is -3.52. The number of aromatic nitrogens is 3. The SMILES string of the molecule is CCc1cccc(CC)c1N1CC(C(=O)Nc2nc3scc(-c4ccc(C)cc4)n3n2)CC1=O. The molecule has 1 fully saturated rings. The van der Waals surface area contributed by atoms with Crippen molar-refractivity contribution in [3.05, 3.63) is 64.5 Å². The number of rotatable bonds is 6. The molecule has 0 bridgehead atoms. The molecule has 0 radical (unpaired) electrons. The molecular formula is C26H27N5O2S. The lowest BCUT2D eigenvalue weighted by Crippen LogP contribution is -2.29. The van der Waals surface area contributed by atoms with Crippen molar-refractivity contribution in [1.29, 1.82) is 0 Å². The average molecular weight is 474 g/mol. The van der Waals surface area contributed by atoms with Gasteiger partial charge in [0.15, 0.2) is 0 Å². The molecule has 0 aliphatic carbocycles. The standard InChI is InChI=1S/C26H27N5O2S/c1-4-17-7-6-8-18(5-2)23(17)30-14-20(13-22(30)32)24(33)27-25-28-26-31(29-25)21(15-34-26)19-11-9-16(3)10-12-19/h6-12,15,20H,4-5,13-14H2,1-3H3,(H,27,29,33). The van der Waals surface area contributed by atoms with Crippen molar-refractivity contribution in [3.8, 4) is 11.3 Å². The monoisotopic (exact) mass is 473 g/mol. The number of para-hydroxylation sites is 1. The first kappa shape index (κ1) is 22.3. The van der Waals surface area contributed by atoms with E-state index in [0.717, 1.165) is 40.9 Å². The van der Waals surface area contributed by atoms with Gasteiger partial charge in [-0.1, -0.05) is 61.9 Å². The first-order valence-electron chi connectivity index (χ1n) is 11.6. The Morgan fingerprint density at radius 2 is 1.82 bits per heavy atom. The highest BCUT2D eigenvalue weighted by molar-refractivity contribution is 7.15. The lowest BCUT2D eigenvalue weighted by Gasteiger charge is -2.23. The van der Waals surface area contributed by atoms with Gasteiger partial charge >= 0.3 is 0 Å². The number of amides is 2. The van der Waals surface area contributed by atoms with Gasteiger partial charge in [0.25, 0.3) is 0 Å². The zero-order valence-corrected chi connectivity index (χ0v) is 20.4. The fourth-order valence-corrected chi connectivity index (χ4v) is 5.36. The molecule has 2 aromatic carbocycles. The van der Waals surface area contributed by atoms with E-state index in [2.05, 4.69) is 60.4 Å². The van der Waals surface area contributed by atoms with Crippen LogP contribution < -0.4 is 10.2 Å². The summed E-state index contributed by atoms with van der Waals surface area (Å²) >= 11 is 1.48. The molecule has 34 heavy (non-hydrogen) atoms. The Bertz CT molecular complexity index is 1350. The molecule has 2 aromatic heterocycles. The molecule has 174 valence electrons. The van der Waals surface area contributed by atoms with E-state index in [-0.39, 0.29) is 24.2 Å². The van der Waals surface area contributed by atoms with E-state index in [1.54, 1.807) is 9.42 Å². The van der Waals surface area contributed by atoms with E-state index in [1.807, 2.05) is 23.6 Å². The van der Waals surface area contributed by atoms with Gasteiger partial charge < -0.3 is 4.90 Å². The minimum absolute atomic E-state index is 0.0174. The topological polar surface area (TPSA) is 79.6 Å². The molecule has 7 nitrogen and oxygen atoms in total. The van der Waals surface area contributed by atoms with Gasteiger partial charge in [0.2, 0.25) is 22.7 Å². The number of aryl methyl sites for hydroxylation is 3. The van der Waals surface area contributed by atoms with Crippen LogP contribution in [-0.4, -0.2) is 33.0 Å². The summed E-state index contributed by atoms with van der Waals surface area (Å²) in [4.78, 5) is 33.0. The zero-order chi connectivity index (χ0) is 23.8. The zero-order valence-electron chi connectivity index (χ0n) is 19.5. The number of nitrogens with one attached hydrogen (secondary N) is 1. The second kappa shape index (κ2) is 9.02. The number of fused-ring (bicyclic) bond motifs is 1. The highest BCUT2D eigenvalue weighted by atomic mass is 32.1. The van der Waals surface area contributed by atoms with Gasteiger partial charge in [-0.3, -0.25) is 14.9 Å². The lowest BCUT2D eigenvalue weighted by molar-refractivity contribution is -0.122. The quantitative estimate of drug-likeness (QED) is 0.433. The van der Waals surface area contributed by atoms with Crippen molar-refractivity contribution in [1.82, 2.24) is 14.6 Å². The minimum atomic E-state index is -0.444. The molecule has 3 heterocycles. The fraction of sp³-hybridized carbons (Fsp3) is 0.308. The Morgan fingerprint density at radius 1 is 1.12 bits per heavy atom. The lowest BCUT2D eigenvalue weighted by atomic mass is 10.0. The molecule has 1 unspecified atom stereocenters. The Labute approximate surface area is 202 Å². The number of carbonyl (C=O) groups is 2. The van der Waals surface area contributed by atoms with E-state index in [0.29, 0.717) is 11.5 Å². The molecule has 1 saturated heterocycles. The van der Waals surface area contributed by atoms with Crippen LogP contribution in [0.25, 0.3) is 16.2 Å². The van der Waals surface area contributed by atoms with Crippen LogP contribution in [0.15, 0.2) is 47.8 Å². The second-order valence-electron chi connectivity index (χ2n) is 8.64. The molecule has 1 aliphatic rings. The summed E-state index contributed by atoms with van der Waals surface area (Å²) < 4.78 is 1.75. The van der Waals surface area contributed by atoms with Gasteiger partial charge in [0, 0.05) is 29.6 Å². The van der Waals surface area contributed by atoms with E-state index < -0.39 is 5.92 Å². The summed E-state index contributed by atoms with van der Waals surface area (Å²) in [6.07, 6.45) is 1.86. The maximum atomic E-state index is 13.1. The van der Waals surface area contributed by atoms with Crippen LogP contribution in [0.3, 0.4) is 0 Å². The molecule has 0 spiro atoms. The van der Waals surface area contributed by atoms with Crippen molar-refractivity contribution in [3.63, 3.8) is 0 Å². The van der Waals surface area contributed by atoms with Crippen LogP contribution in [0.1, 0.15) is 37.0 Å². The first-order valence-corrected chi connectivity index (χ1v) is 12.5. The summed E-state index contributed by atoms with van der Waals surface area (Å²) in [5, 5.41) is 9.37. The number of hydrogen-bond donors (Lipinski definition) is 1. The minimum Gasteiger partial charge on any atom is -0.311 e. The molecule has 0 saturated carbocycles. The van der Waals surface area contributed by atoms with Crippen LogP contribution >= 0.6 is 11.3 Å². The predicted octanol–water partition coefficient (Wildman–Crippen LogP) is 4.88. The molecule has 1 atom stereocenters. The fourth-order valence-electron chi connectivity index (χ4n) is 4.53. The third kappa shape index (κ3) is 3.98. The largest absolute Gasteiger partial charge is 0.311 e. The summed E-state index contributed by atoms with van der Waals surface area (Å²) in [5.41, 5.74) is 6.39. The molecule has 1 aliphatic heterocycles. The summed E-state index contributed by atoms with van der Waals surface area (Å²) in [6, 6.07) is 14.4. The van der Waals surface area contributed by atoms with E-state index >= 15 is 0 Å². The van der Waals surface area contributed by atoms with E-state index in [1.165, 1.54) is 16.9 Å². The number of carbonyl (C=O) groups excluding carboxylic acids is 2. The molecule has 8 heteroatoms. The molecule has 2 amide bonds. The van der Waals surface area contributed by atoms with Crippen LogP contribution in [0, 0.1) is 12.8 Å². The maximum Gasteiger partial charge on any atom is 0.250 e. The van der Waals surface area contributed by atoms with Crippen molar-refractivity contribution in [2.24, 2.45) is 5.92 Å². The number of thiazole rings is 1. The summed E-state index contributed by atoms with van der Waals surface area (Å²) in [5.74, 6) is -0.422. The molecule has 1 N–H and O–H groups in total. The van der Waals surface area contributed by atoms with Crippen molar-refractivity contribution in [2.45, 2.75) is 40.0 Å². The van der Waals surface area contributed by atoms with Gasteiger partial charge in [-0.05, 0) is 30.9 Å².